The number of nitrogens with zero attached hydrogens (tertiary/aromatic N) is 3. The second-order valence-corrected chi connectivity index (χ2v) is 16.7. The number of aromatic nitrogens is 1. The summed E-state index contributed by atoms with van der Waals surface area (Å²) >= 11 is 0.384. The monoisotopic (exact) mass is 853 g/mol. The van der Waals surface area contributed by atoms with Crippen LogP contribution < -0.4 is 9.47 Å². The number of likely N-dealkylation sites (tertiary alicyclic amines) is 2. The first-order valence-corrected chi connectivity index (χ1v) is 20.8. The molecule has 2 saturated heterocycles. The molecule has 2 aliphatic heterocycles. The molecule has 1 saturated carbocycles. The number of para-hydroxylation sites is 1. The molecule has 4 heterocycles. The zero-order chi connectivity index (χ0) is 42.8. The maximum atomic E-state index is 15.1. The summed E-state index contributed by atoms with van der Waals surface area (Å²) in [6, 6.07) is 8.80. The minimum atomic E-state index is -4.91. The number of carbonyl (C=O) groups excluding carboxylic acids is 2. The van der Waals surface area contributed by atoms with Gasteiger partial charge >= 0.3 is 18.3 Å². The van der Waals surface area contributed by atoms with Crippen molar-refractivity contribution >= 4 is 29.1 Å². The summed E-state index contributed by atoms with van der Waals surface area (Å²) in [7, 11) is 1.55. The molecule has 0 radical (unpaired) electrons. The van der Waals surface area contributed by atoms with Crippen molar-refractivity contribution in [3.63, 3.8) is 0 Å². The van der Waals surface area contributed by atoms with Crippen LogP contribution in [0.5, 0.6) is 11.5 Å². The highest BCUT2D eigenvalue weighted by molar-refractivity contribution is 7.10. The Morgan fingerprint density at radius 3 is 2.27 bits per heavy atom. The van der Waals surface area contributed by atoms with E-state index >= 15 is 4.79 Å². The molecule has 10 nitrogen and oxygen atoms in total. The van der Waals surface area contributed by atoms with Crippen molar-refractivity contribution in [2.45, 2.75) is 120 Å². The van der Waals surface area contributed by atoms with Crippen molar-refractivity contribution in [3.8, 4) is 11.5 Å². The van der Waals surface area contributed by atoms with Gasteiger partial charge in [-0.1, -0.05) is 38.0 Å². The maximum absolute atomic E-state index is 15.1. The van der Waals surface area contributed by atoms with Crippen LogP contribution in [0.25, 0.3) is 0 Å². The van der Waals surface area contributed by atoms with E-state index in [1.54, 1.807) is 14.0 Å². The number of hydrogen-bond donors (Lipinski definition) is 1. The fourth-order valence-electron chi connectivity index (χ4n) is 8.87. The van der Waals surface area contributed by atoms with Crippen LogP contribution in [-0.2, 0) is 32.3 Å². The molecule has 3 fully saturated rings. The molecule has 3 aromatic rings. The lowest BCUT2D eigenvalue weighted by Crippen LogP contribution is -2.68. The van der Waals surface area contributed by atoms with E-state index in [1.165, 1.54) is 9.80 Å². The fourth-order valence-corrected chi connectivity index (χ4v) is 9.55. The van der Waals surface area contributed by atoms with Crippen LogP contribution in [0, 0.1) is 5.41 Å². The molecule has 3 aliphatic rings. The van der Waals surface area contributed by atoms with Gasteiger partial charge in [0.15, 0.2) is 0 Å². The van der Waals surface area contributed by atoms with Crippen LogP contribution in [0.1, 0.15) is 111 Å². The molecule has 0 spiro atoms. The number of pyridine rings is 1. The number of piperidine rings is 2. The van der Waals surface area contributed by atoms with Gasteiger partial charge in [0, 0.05) is 56.4 Å². The number of hydrogen-bond acceptors (Lipinski definition) is 8. The minimum absolute atomic E-state index is 0.0184. The van der Waals surface area contributed by atoms with E-state index < -0.39 is 68.9 Å². The Morgan fingerprint density at radius 2 is 1.68 bits per heavy atom. The predicted octanol–water partition coefficient (Wildman–Crippen LogP) is 9.37. The number of alkyl halides is 6. The lowest BCUT2D eigenvalue weighted by Gasteiger charge is -2.51. The summed E-state index contributed by atoms with van der Waals surface area (Å²) in [5.41, 5.74) is -4.98. The average Bonchev–Trinajstić information content (AvgIpc) is 3.67. The summed E-state index contributed by atoms with van der Waals surface area (Å²) < 4.78 is 103. The van der Waals surface area contributed by atoms with E-state index in [2.05, 4.69) is 4.98 Å². The third kappa shape index (κ3) is 8.91. The quantitative estimate of drug-likeness (QED) is 0.160. The standard InChI is InChI=1S/C42H49F6N3O7S/c1-4-10-32-40(58-28-25-33(59-26-28)42(46,47)48,17-9-22-51(32)35(52)34-30(41(43,44)45)12-7-21-49-34)36(53)50-23-19-39(56-3,20-24-50)29-11-5-6-13-31(29)57-27(2)14-18-38(37(54)55)15-8-16-38/h5-7,11-13,21,25-27,32H,4,8-10,14-20,22-24H2,1-3H3,(H,54,55). The van der Waals surface area contributed by atoms with Crippen molar-refractivity contribution in [2.75, 3.05) is 26.7 Å². The first-order chi connectivity index (χ1) is 27.9. The lowest BCUT2D eigenvalue weighted by molar-refractivity contribution is -0.164. The van der Waals surface area contributed by atoms with Gasteiger partial charge in [0.2, 0.25) is 5.60 Å². The first-order valence-electron chi connectivity index (χ1n) is 19.9. The summed E-state index contributed by atoms with van der Waals surface area (Å²) in [5, 5.41) is 10.9. The number of benzene rings is 1. The zero-order valence-electron chi connectivity index (χ0n) is 33.2. The van der Waals surface area contributed by atoms with E-state index in [0.29, 0.717) is 49.2 Å². The van der Waals surface area contributed by atoms with Gasteiger partial charge in [-0.3, -0.25) is 19.4 Å². The third-order valence-electron chi connectivity index (χ3n) is 12.3. The van der Waals surface area contributed by atoms with Crippen molar-refractivity contribution < 1.29 is 60.0 Å². The minimum Gasteiger partial charge on any atom is -0.490 e. The van der Waals surface area contributed by atoms with Gasteiger partial charge in [0.1, 0.15) is 22.1 Å². The topological polar surface area (TPSA) is 119 Å². The highest BCUT2D eigenvalue weighted by atomic mass is 32.1. The first kappa shape index (κ1) is 44.2. The molecular weight excluding hydrogens is 805 g/mol. The van der Waals surface area contributed by atoms with Gasteiger partial charge < -0.3 is 29.1 Å². The summed E-state index contributed by atoms with van der Waals surface area (Å²) in [4.78, 5) is 46.7. The van der Waals surface area contributed by atoms with Gasteiger partial charge in [0.25, 0.3) is 11.8 Å². The maximum Gasteiger partial charge on any atom is 0.425 e. The van der Waals surface area contributed by atoms with Crippen molar-refractivity contribution in [1.82, 2.24) is 14.8 Å². The molecule has 1 aromatic carbocycles. The third-order valence-corrected chi connectivity index (χ3v) is 13.2. The van der Waals surface area contributed by atoms with E-state index in [0.717, 1.165) is 41.8 Å². The number of halogens is 6. The number of rotatable bonds is 14. The Morgan fingerprint density at radius 1 is 0.966 bits per heavy atom. The van der Waals surface area contributed by atoms with Gasteiger partial charge in [-0.25, -0.2) is 0 Å². The average molecular weight is 854 g/mol. The van der Waals surface area contributed by atoms with E-state index in [4.69, 9.17) is 14.2 Å². The Kier molecular flexibility index (Phi) is 13.0. The SMILES string of the molecule is CCCC1N(C(=O)c2ncccc2C(F)(F)F)CCCC1(Oc1csc(C(F)(F)F)c1)C(=O)N1CCC(OC)(c2ccccc2OC(C)CCC2(C(=O)O)CCC2)CC1. The molecule has 6 rings (SSSR count). The van der Waals surface area contributed by atoms with E-state index in [-0.39, 0.29) is 63.6 Å². The summed E-state index contributed by atoms with van der Waals surface area (Å²) in [6.07, 6.45) is -4.62. The summed E-state index contributed by atoms with van der Waals surface area (Å²) in [5.74, 6) is -2.14. The number of methoxy groups -OCH3 is 1. The number of thiophene rings is 1. The highest BCUT2D eigenvalue weighted by Crippen LogP contribution is 2.47. The molecule has 59 heavy (non-hydrogen) atoms. The lowest BCUT2D eigenvalue weighted by atomic mass is 9.66. The Balaban J connectivity index is 1.29. The van der Waals surface area contributed by atoms with Crippen molar-refractivity contribution in [1.29, 1.82) is 0 Å². The number of amides is 2. The normalized spacial score (nSPS) is 22.3. The highest BCUT2D eigenvalue weighted by Gasteiger charge is 2.57. The summed E-state index contributed by atoms with van der Waals surface area (Å²) in [6.45, 7) is 3.83. The number of carboxylic acid groups (broad SMARTS) is 1. The van der Waals surface area contributed by atoms with Crippen LogP contribution in [0.3, 0.4) is 0 Å². The molecule has 17 heteroatoms. The van der Waals surface area contributed by atoms with Crippen molar-refractivity contribution in [3.05, 3.63) is 75.7 Å². The zero-order valence-corrected chi connectivity index (χ0v) is 34.0. The predicted molar refractivity (Wildman–Crippen MR) is 205 cm³/mol. The smallest absolute Gasteiger partial charge is 0.425 e. The van der Waals surface area contributed by atoms with Gasteiger partial charge in [-0.2, -0.15) is 26.3 Å². The Hall–Kier alpha value is -4.38. The van der Waals surface area contributed by atoms with Gasteiger partial charge in [-0.05, 0) is 76.5 Å². The van der Waals surface area contributed by atoms with E-state index in [1.807, 2.05) is 31.2 Å². The number of aliphatic carboxylic acids is 1. The molecule has 0 bridgehead atoms. The largest absolute Gasteiger partial charge is 0.490 e. The van der Waals surface area contributed by atoms with Gasteiger partial charge in [-0.15, -0.1) is 11.3 Å². The second kappa shape index (κ2) is 17.3. The molecule has 1 N–H and O–H groups in total. The Labute approximate surface area is 342 Å². The van der Waals surface area contributed by atoms with Crippen molar-refractivity contribution in [2.24, 2.45) is 5.41 Å². The molecule has 3 unspecified atom stereocenters. The fraction of sp³-hybridized carbons (Fsp3) is 0.571. The van der Waals surface area contributed by atoms with E-state index in [9.17, 15) is 41.0 Å². The molecular formula is C42H49F6N3O7S. The van der Waals surface area contributed by atoms with Crippen LogP contribution in [0.4, 0.5) is 26.3 Å². The van der Waals surface area contributed by atoms with Gasteiger partial charge in [0.05, 0.1) is 28.7 Å². The van der Waals surface area contributed by atoms with Crippen LogP contribution in [0.2, 0.25) is 0 Å². The number of carbonyl (C=O) groups is 3. The van der Waals surface area contributed by atoms with Crippen LogP contribution in [0.15, 0.2) is 54.0 Å². The second-order valence-electron chi connectivity index (χ2n) is 15.8. The molecule has 2 aromatic heterocycles. The molecule has 322 valence electrons. The molecule has 2 amide bonds. The van der Waals surface area contributed by atoms with Crippen LogP contribution >= 0.6 is 11.3 Å². The van der Waals surface area contributed by atoms with Crippen LogP contribution in [-0.4, -0.2) is 82.2 Å². The Bertz CT molecular complexity index is 1980. The molecule has 1 aliphatic carbocycles. The number of ether oxygens (including phenoxy) is 3. The molecule has 3 atom stereocenters. The number of carboxylic acids is 1.